The number of fused-ring (bicyclic) bond motifs is 2. The number of H-pyrrole nitrogens is 1. The van der Waals surface area contributed by atoms with Crippen molar-refractivity contribution in [3.63, 3.8) is 0 Å². The predicted octanol–water partition coefficient (Wildman–Crippen LogP) is 4.44. The van der Waals surface area contributed by atoms with Gasteiger partial charge in [0.15, 0.2) is 0 Å². The highest BCUT2D eigenvalue weighted by Crippen LogP contribution is 2.49. The lowest BCUT2D eigenvalue weighted by Gasteiger charge is -2.11. The van der Waals surface area contributed by atoms with Crippen molar-refractivity contribution in [1.82, 2.24) is 24.8 Å². The number of halogens is 1. The molecule has 30 heavy (non-hydrogen) atoms. The number of para-hydroxylation sites is 2. The van der Waals surface area contributed by atoms with Gasteiger partial charge < -0.3 is 14.9 Å². The maximum absolute atomic E-state index is 13.4. The van der Waals surface area contributed by atoms with Crippen LogP contribution < -0.4 is 5.32 Å². The first-order valence-electron chi connectivity index (χ1n) is 10.4. The van der Waals surface area contributed by atoms with Crippen molar-refractivity contribution in [3.8, 4) is 0 Å². The number of aryl methyl sites for hydroxylation is 1. The monoisotopic (exact) mass is 405 g/mol. The van der Waals surface area contributed by atoms with Crippen LogP contribution >= 0.6 is 0 Å². The van der Waals surface area contributed by atoms with E-state index in [1.807, 2.05) is 25.1 Å². The quantitative estimate of drug-likeness (QED) is 0.498. The third kappa shape index (κ3) is 3.34. The van der Waals surface area contributed by atoms with E-state index < -0.39 is 0 Å². The number of carbonyl (C=O) groups excluding carboxylic acids is 1. The van der Waals surface area contributed by atoms with Gasteiger partial charge in [0, 0.05) is 18.9 Å². The summed E-state index contributed by atoms with van der Waals surface area (Å²) in [5, 5.41) is 3.02. The molecule has 1 fully saturated rings. The Morgan fingerprint density at radius 2 is 2.10 bits per heavy atom. The lowest BCUT2D eigenvalue weighted by Crippen LogP contribution is -2.27. The van der Waals surface area contributed by atoms with Gasteiger partial charge in [-0.25, -0.2) is 14.4 Å². The highest BCUT2D eigenvalue weighted by atomic mass is 19.1. The van der Waals surface area contributed by atoms with E-state index in [1.54, 1.807) is 6.07 Å². The maximum atomic E-state index is 13.4. The number of rotatable bonds is 6. The summed E-state index contributed by atoms with van der Waals surface area (Å²) in [7, 11) is 0. The average molecular weight is 405 g/mol. The molecule has 1 aliphatic carbocycles. The Balaban J connectivity index is 1.24. The van der Waals surface area contributed by atoms with Crippen molar-refractivity contribution < 1.29 is 9.18 Å². The first kappa shape index (κ1) is 18.8. The number of amides is 1. The number of aromatic nitrogens is 4. The Hall–Kier alpha value is -3.22. The average Bonchev–Trinajstić information content (AvgIpc) is 3.19. The number of imidazole rings is 2. The fraction of sp³-hybridized carbons (Fsp3) is 0.348. The minimum atomic E-state index is -0.313. The number of nitrogens with zero attached hydrogens (tertiary/aromatic N) is 3. The zero-order valence-corrected chi connectivity index (χ0v) is 17.0. The smallest absolute Gasteiger partial charge is 0.220 e. The fourth-order valence-corrected chi connectivity index (χ4v) is 4.31. The van der Waals surface area contributed by atoms with Crippen LogP contribution in [-0.2, 0) is 11.3 Å². The second-order valence-corrected chi connectivity index (χ2v) is 8.08. The van der Waals surface area contributed by atoms with Gasteiger partial charge in [-0.05, 0) is 56.5 Å². The molecule has 3 atom stereocenters. The maximum Gasteiger partial charge on any atom is 0.220 e. The summed E-state index contributed by atoms with van der Waals surface area (Å²) in [5.74, 6) is 2.04. The topological polar surface area (TPSA) is 75.6 Å². The summed E-state index contributed by atoms with van der Waals surface area (Å²) >= 11 is 0. The second kappa shape index (κ2) is 7.23. The largest absolute Gasteiger partial charge is 0.346 e. The van der Waals surface area contributed by atoms with Gasteiger partial charge in [0.05, 0.1) is 28.1 Å². The van der Waals surface area contributed by atoms with E-state index in [1.165, 1.54) is 12.1 Å². The van der Waals surface area contributed by atoms with Crippen molar-refractivity contribution in [2.24, 2.45) is 5.92 Å². The second-order valence-electron chi connectivity index (χ2n) is 8.08. The van der Waals surface area contributed by atoms with Crippen LogP contribution in [0.1, 0.15) is 50.3 Å². The van der Waals surface area contributed by atoms with Crippen molar-refractivity contribution in [2.45, 2.75) is 45.2 Å². The van der Waals surface area contributed by atoms with Crippen LogP contribution in [0.25, 0.3) is 22.1 Å². The molecule has 1 amide bonds. The number of aromatic amines is 1. The van der Waals surface area contributed by atoms with Gasteiger partial charge in [-0.2, -0.15) is 0 Å². The molecule has 0 bridgehead atoms. The fourth-order valence-electron chi connectivity index (χ4n) is 4.31. The number of hydrogen-bond acceptors (Lipinski definition) is 3. The van der Waals surface area contributed by atoms with Gasteiger partial charge in [-0.1, -0.05) is 12.1 Å². The number of benzene rings is 2. The van der Waals surface area contributed by atoms with E-state index in [4.69, 9.17) is 4.98 Å². The van der Waals surface area contributed by atoms with E-state index in [2.05, 4.69) is 32.8 Å². The summed E-state index contributed by atoms with van der Waals surface area (Å²) in [6.07, 6.45) is 1.45. The van der Waals surface area contributed by atoms with Crippen LogP contribution in [0.5, 0.6) is 0 Å². The third-order valence-corrected chi connectivity index (χ3v) is 5.95. The Morgan fingerprint density at radius 1 is 1.27 bits per heavy atom. The standard InChI is InChI=1S/C23H24FN5O/c1-3-29-20-7-5-4-6-18(20)28-23(29)16-10-14(16)11-21(30)25-13(2)22-26-17-9-8-15(24)12-19(17)27-22/h4-9,12-14,16H,3,10-11H2,1-2H3,(H,25,30)(H,26,27)/t13-,14+,16+/m1/s1. The Bertz CT molecular complexity index is 1240. The molecule has 1 aliphatic rings. The minimum Gasteiger partial charge on any atom is -0.346 e. The van der Waals surface area contributed by atoms with E-state index in [0.29, 0.717) is 35.1 Å². The highest BCUT2D eigenvalue weighted by Gasteiger charge is 2.43. The van der Waals surface area contributed by atoms with E-state index in [0.717, 1.165) is 29.8 Å². The molecule has 1 saturated carbocycles. The van der Waals surface area contributed by atoms with E-state index in [9.17, 15) is 9.18 Å². The summed E-state index contributed by atoms with van der Waals surface area (Å²) < 4.78 is 15.6. The number of hydrogen-bond donors (Lipinski definition) is 2. The van der Waals surface area contributed by atoms with Crippen molar-refractivity contribution in [3.05, 3.63) is 59.9 Å². The first-order valence-corrected chi connectivity index (χ1v) is 10.4. The summed E-state index contributed by atoms with van der Waals surface area (Å²) in [6.45, 7) is 4.88. The lowest BCUT2D eigenvalue weighted by molar-refractivity contribution is -0.122. The molecule has 2 aromatic carbocycles. The SMILES string of the molecule is CCn1c([C@H]2C[C@H]2CC(=O)N[C@H](C)c2nc3ccc(F)cc3[nH]2)nc2ccccc21. The molecule has 0 saturated heterocycles. The molecule has 7 heteroatoms. The van der Waals surface area contributed by atoms with Crippen LogP contribution in [0, 0.1) is 11.7 Å². The lowest BCUT2D eigenvalue weighted by atomic mass is 10.2. The van der Waals surface area contributed by atoms with Gasteiger partial charge in [0.2, 0.25) is 5.91 Å². The first-order chi connectivity index (χ1) is 14.5. The summed E-state index contributed by atoms with van der Waals surface area (Å²) in [5.41, 5.74) is 3.49. The van der Waals surface area contributed by atoms with Crippen LogP contribution in [0.4, 0.5) is 4.39 Å². The zero-order valence-electron chi connectivity index (χ0n) is 17.0. The normalized spacial score (nSPS) is 19.3. The van der Waals surface area contributed by atoms with Gasteiger partial charge >= 0.3 is 0 Å². The molecule has 0 spiro atoms. The molecule has 4 aromatic rings. The van der Waals surface area contributed by atoms with E-state index in [-0.39, 0.29) is 17.8 Å². The van der Waals surface area contributed by atoms with Crippen LogP contribution in [0.3, 0.4) is 0 Å². The van der Waals surface area contributed by atoms with Gasteiger partial charge in [0.1, 0.15) is 17.5 Å². The summed E-state index contributed by atoms with van der Waals surface area (Å²) in [4.78, 5) is 25.0. The molecule has 2 heterocycles. The molecular formula is C23H24FN5O. The van der Waals surface area contributed by atoms with Crippen molar-refractivity contribution in [2.75, 3.05) is 0 Å². The number of carbonyl (C=O) groups is 1. The van der Waals surface area contributed by atoms with E-state index >= 15 is 0 Å². The van der Waals surface area contributed by atoms with Crippen LogP contribution in [-0.4, -0.2) is 25.4 Å². The van der Waals surface area contributed by atoms with Gasteiger partial charge in [0.25, 0.3) is 0 Å². The molecule has 154 valence electrons. The Morgan fingerprint density at radius 3 is 2.93 bits per heavy atom. The molecule has 2 aromatic heterocycles. The molecule has 6 nitrogen and oxygen atoms in total. The zero-order chi connectivity index (χ0) is 20.8. The van der Waals surface area contributed by atoms with Crippen LogP contribution in [0.2, 0.25) is 0 Å². The molecule has 2 N–H and O–H groups in total. The van der Waals surface area contributed by atoms with Crippen LogP contribution in [0.15, 0.2) is 42.5 Å². The summed E-state index contributed by atoms with van der Waals surface area (Å²) in [6, 6.07) is 12.3. The molecule has 0 aliphatic heterocycles. The highest BCUT2D eigenvalue weighted by molar-refractivity contribution is 5.79. The Kier molecular flexibility index (Phi) is 4.53. The Labute approximate surface area is 173 Å². The predicted molar refractivity (Wildman–Crippen MR) is 113 cm³/mol. The third-order valence-electron chi connectivity index (χ3n) is 5.95. The minimum absolute atomic E-state index is 0.000737. The number of nitrogens with one attached hydrogen (secondary N) is 2. The van der Waals surface area contributed by atoms with Gasteiger partial charge in [-0.15, -0.1) is 0 Å². The molecule has 0 unspecified atom stereocenters. The molecule has 0 radical (unpaired) electrons. The van der Waals surface area contributed by atoms with Gasteiger partial charge in [-0.3, -0.25) is 4.79 Å². The molecule has 5 rings (SSSR count). The van der Waals surface area contributed by atoms with Crippen molar-refractivity contribution >= 4 is 28.0 Å². The molecular weight excluding hydrogens is 381 g/mol. The van der Waals surface area contributed by atoms with Crippen molar-refractivity contribution in [1.29, 1.82) is 0 Å².